The zero-order valence-corrected chi connectivity index (χ0v) is 16.5. The third-order valence-corrected chi connectivity index (χ3v) is 6.08. The first kappa shape index (κ1) is 21.3. The summed E-state index contributed by atoms with van der Waals surface area (Å²) in [6, 6.07) is 5.87. The third-order valence-electron chi connectivity index (χ3n) is 4.21. The second kappa shape index (κ2) is 9.82. The van der Waals surface area contributed by atoms with E-state index < -0.39 is 34.6 Å². The molecule has 1 heterocycles. The smallest absolute Gasteiger partial charge is 0.335 e. The Labute approximate surface area is 159 Å². The molecule has 0 bridgehead atoms. The summed E-state index contributed by atoms with van der Waals surface area (Å²) in [5.74, 6) is -1.05. The van der Waals surface area contributed by atoms with E-state index in [9.17, 15) is 18.0 Å². The van der Waals surface area contributed by atoms with Crippen molar-refractivity contribution in [3.63, 3.8) is 0 Å². The molecular weight excluding hydrogens is 372 g/mol. The number of rotatable bonds is 9. The zero-order chi connectivity index (χ0) is 19.9. The van der Waals surface area contributed by atoms with E-state index >= 15 is 0 Å². The molecule has 2 rings (SSSR count). The van der Waals surface area contributed by atoms with Crippen molar-refractivity contribution in [1.29, 1.82) is 0 Å². The van der Waals surface area contributed by atoms with E-state index in [2.05, 4.69) is 5.32 Å². The molecular formula is C18H26N2O6S. The van der Waals surface area contributed by atoms with Gasteiger partial charge in [-0.1, -0.05) is 13.3 Å². The molecule has 8 nitrogen and oxygen atoms in total. The molecule has 1 fully saturated rings. The van der Waals surface area contributed by atoms with Crippen molar-refractivity contribution < 1.29 is 27.5 Å². The van der Waals surface area contributed by atoms with Gasteiger partial charge in [-0.05, 0) is 43.5 Å². The molecule has 0 unspecified atom stereocenters. The van der Waals surface area contributed by atoms with Gasteiger partial charge in [-0.3, -0.25) is 4.79 Å². The number of amides is 1. The average molecular weight is 398 g/mol. The molecule has 0 spiro atoms. The van der Waals surface area contributed by atoms with Crippen LogP contribution in [-0.2, 0) is 29.1 Å². The van der Waals surface area contributed by atoms with E-state index in [-0.39, 0.29) is 4.90 Å². The standard InChI is InChI=1S/C18H26N2O6S/c1-3-4-11-20(2)27(23,24)15-9-7-14(8-10-15)19-17(21)13-26-18(22)16-6-5-12-25-16/h7-10,16H,3-6,11-13H2,1-2H3,(H,19,21)/t16-/m0/s1. The minimum absolute atomic E-state index is 0.156. The molecule has 0 saturated carbocycles. The quantitative estimate of drug-likeness (QED) is 0.636. The van der Waals surface area contributed by atoms with E-state index in [1.807, 2.05) is 6.92 Å². The molecule has 1 aromatic carbocycles. The van der Waals surface area contributed by atoms with Crippen molar-refractivity contribution >= 4 is 27.6 Å². The fourth-order valence-corrected chi connectivity index (χ4v) is 3.79. The highest BCUT2D eigenvalue weighted by Crippen LogP contribution is 2.18. The van der Waals surface area contributed by atoms with E-state index in [1.54, 1.807) is 7.05 Å². The maximum absolute atomic E-state index is 12.4. The summed E-state index contributed by atoms with van der Waals surface area (Å²) in [4.78, 5) is 23.7. The van der Waals surface area contributed by atoms with Crippen molar-refractivity contribution in [3.8, 4) is 0 Å². The first-order valence-electron chi connectivity index (χ1n) is 8.99. The number of nitrogens with zero attached hydrogens (tertiary/aromatic N) is 1. The number of anilines is 1. The summed E-state index contributed by atoms with van der Waals surface area (Å²) in [6.45, 7) is 2.55. The number of esters is 1. The van der Waals surface area contributed by atoms with Crippen LogP contribution in [0.1, 0.15) is 32.6 Å². The zero-order valence-electron chi connectivity index (χ0n) is 15.6. The normalized spacial score (nSPS) is 17.1. The lowest BCUT2D eigenvalue weighted by atomic mass is 10.2. The molecule has 1 aliphatic rings. The van der Waals surface area contributed by atoms with Gasteiger partial charge in [0.25, 0.3) is 5.91 Å². The first-order chi connectivity index (χ1) is 12.8. The highest BCUT2D eigenvalue weighted by molar-refractivity contribution is 7.89. The predicted molar refractivity (Wildman–Crippen MR) is 99.7 cm³/mol. The number of hydrogen-bond donors (Lipinski definition) is 1. The molecule has 1 aliphatic heterocycles. The topological polar surface area (TPSA) is 102 Å². The lowest BCUT2D eigenvalue weighted by Gasteiger charge is -2.17. The maximum Gasteiger partial charge on any atom is 0.335 e. The van der Waals surface area contributed by atoms with Crippen LogP contribution in [-0.4, -0.2) is 57.5 Å². The summed E-state index contributed by atoms with van der Waals surface area (Å²) >= 11 is 0. The SMILES string of the molecule is CCCCN(C)S(=O)(=O)c1ccc(NC(=O)COC(=O)[C@@H]2CCCO2)cc1. The van der Waals surface area contributed by atoms with Crippen molar-refractivity contribution in [2.45, 2.75) is 43.6 Å². The number of carbonyl (C=O) groups is 2. The molecule has 0 radical (unpaired) electrons. The van der Waals surface area contributed by atoms with Crippen LogP contribution in [0.4, 0.5) is 5.69 Å². The van der Waals surface area contributed by atoms with Gasteiger partial charge in [0.2, 0.25) is 10.0 Å². The van der Waals surface area contributed by atoms with Gasteiger partial charge in [0.05, 0.1) is 4.90 Å². The summed E-state index contributed by atoms with van der Waals surface area (Å²) in [7, 11) is -2.01. The maximum atomic E-state index is 12.4. The Morgan fingerprint density at radius 1 is 1.30 bits per heavy atom. The van der Waals surface area contributed by atoms with E-state index in [1.165, 1.54) is 28.6 Å². The molecule has 1 amide bonds. The molecule has 150 valence electrons. The van der Waals surface area contributed by atoms with Crippen molar-refractivity contribution in [2.75, 3.05) is 32.1 Å². The molecule has 0 aliphatic carbocycles. The van der Waals surface area contributed by atoms with E-state index in [4.69, 9.17) is 9.47 Å². The Hall–Kier alpha value is -1.97. The number of ether oxygens (including phenoxy) is 2. The van der Waals surface area contributed by atoms with Gasteiger partial charge in [-0.15, -0.1) is 0 Å². The number of sulfonamides is 1. The Morgan fingerprint density at radius 3 is 2.59 bits per heavy atom. The van der Waals surface area contributed by atoms with Crippen LogP contribution in [0.15, 0.2) is 29.2 Å². The largest absolute Gasteiger partial charge is 0.454 e. The average Bonchev–Trinajstić information content (AvgIpc) is 3.19. The molecule has 1 atom stereocenters. The highest BCUT2D eigenvalue weighted by atomic mass is 32.2. The van der Waals surface area contributed by atoms with Gasteiger partial charge in [0.1, 0.15) is 0 Å². The first-order valence-corrected chi connectivity index (χ1v) is 10.4. The Kier molecular flexibility index (Phi) is 7.76. The van der Waals surface area contributed by atoms with Crippen molar-refractivity contribution in [1.82, 2.24) is 4.31 Å². The lowest BCUT2D eigenvalue weighted by Crippen LogP contribution is -2.28. The van der Waals surface area contributed by atoms with Crippen LogP contribution in [0.25, 0.3) is 0 Å². The van der Waals surface area contributed by atoms with Gasteiger partial charge < -0.3 is 14.8 Å². The molecule has 1 N–H and O–H groups in total. The second-order valence-electron chi connectivity index (χ2n) is 6.36. The van der Waals surface area contributed by atoms with Crippen molar-refractivity contribution in [2.24, 2.45) is 0 Å². The van der Waals surface area contributed by atoms with Crippen LogP contribution in [0, 0.1) is 0 Å². The minimum atomic E-state index is -3.55. The monoisotopic (exact) mass is 398 g/mol. The number of carbonyl (C=O) groups excluding carboxylic acids is 2. The molecule has 9 heteroatoms. The van der Waals surface area contributed by atoms with Gasteiger partial charge in [-0.25, -0.2) is 17.5 Å². The number of benzene rings is 1. The molecule has 1 saturated heterocycles. The second-order valence-corrected chi connectivity index (χ2v) is 8.41. The van der Waals surface area contributed by atoms with Crippen LogP contribution in [0.5, 0.6) is 0 Å². The summed E-state index contributed by atoms with van der Waals surface area (Å²) in [5.41, 5.74) is 0.420. The van der Waals surface area contributed by atoms with Crippen LogP contribution < -0.4 is 5.32 Å². The Morgan fingerprint density at radius 2 is 2.00 bits per heavy atom. The van der Waals surface area contributed by atoms with Crippen LogP contribution >= 0.6 is 0 Å². The van der Waals surface area contributed by atoms with E-state index in [0.29, 0.717) is 25.3 Å². The lowest BCUT2D eigenvalue weighted by molar-refractivity contribution is -0.156. The fraction of sp³-hybridized carbons (Fsp3) is 0.556. The number of nitrogens with one attached hydrogen (secondary N) is 1. The fourth-order valence-electron chi connectivity index (χ4n) is 2.58. The van der Waals surface area contributed by atoms with Crippen LogP contribution in [0.2, 0.25) is 0 Å². The van der Waals surface area contributed by atoms with Gasteiger partial charge >= 0.3 is 5.97 Å². The Bertz CT molecular complexity index is 742. The molecule has 1 aromatic rings. The van der Waals surface area contributed by atoms with Gasteiger partial charge in [0.15, 0.2) is 12.7 Å². The third kappa shape index (κ3) is 6.02. The van der Waals surface area contributed by atoms with Crippen molar-refractivity contribution in [3.05, 3.63) is 24.3 Å². The van der Waals surface area contributed by atoms with Crippen LogP contribution in [0.3, 0.4) is 0 Å². The Balaban J connectivity index is 1.87. The minimum Gasteiger partial charge on any atom is -0.454 e. The highest BCUT2D eigenvalue weighted by Gasteiger charge is 2.25. The van der Waals surface area contributed by atoms with E-state index in [0.717, 1.165) is 19.3 Å². The molecule has 27 heavy (non-hydrogen) atoms. The van der Waals surface area contributed by atoms with Gasteiger partial charge in [-0.2, -0.15) is 0 Å². The summed E-state index contributed by atoms with van der Waals surface area (Å²) < 4.78 is 36.3. The summed E-state index contributed by atoms with van der Waals surface area (Å²) in [5, 5.41) is 2.56. The van der Waals surface area contributed by atoms with Gasteiger partial charge in [0, 0.05) is 25.9 Å². The number of unbranched alkanes of at least 4 members (excludes halogenated alkanes) is 1. The predicted octanol–water partition coefficient (Wildman–Crippen LogP) is 1.77. The molecule has 0 aromatic heterocycles. The number of hydrogen-bond acceptors (Lipinski definition) is 6. The summed E-state index contributed by atoms with van der Waals surface area (Å²) in [6.07, 6.45) is 2.50.